The minimum Gasteiger partial charge on any atom is -0.491 e. The molecule has 2 aromatic carbocycles. The number of nitrogens with one attached hydrogen (secondary N) is 1. The molecule has 0 fully saturated rings. The van der Waals surface area contributed by atoms with Crippen molar-refractivity contribution in [2.45, 2.75) is 12.6 Å². The maximum Gasteiger partial charge on any atom is 0.418 e. The fourth-order valence-electron chi connectivity index (χ4n) is 2.54. The summed E-state index contributed by atoms with van der Waals surface area (Å²) in [6.45, 7) is 0.0205. The minimum absolute atomic E-state index is 0.00474. The number of hydrogen-bond donors (Lipinski definition) is 2. The zero-order valence-corrected chi connectivity index (χ0v) is 15.4. The summed E-state index contributed by atoms with van der Waals surface area (Å²) in [4.78, 5) is 23.3. The molecule has 30 heavy (non-hydrogen) atoms. The number of amides is 2. The van der Waals surface area contributed by atoms with Crippen molar-refractivity contribution in [3.05, 3.63) is 66.0 Å². The summed E-state index contributed by atoms with van der Waals surface area (Å²) < 4.78 is 45.9. The first-order valence-corrected chi connectivity index (χ1v) is 8.66. The number of halogens is 3. The van der Waals surface area contributed by atoms with Crippen LogP contribution in [0.5, 0.6) is 5.75 Å². The number of carbonyl (C=O) groups excluding carboxylic acids is 2. The Kier molecular flexibility index (Phi) is 6.00. The van der Waals surface area contributed by atoms with Crippen molar-refractivity contribution in [2.75, 3.05) is 11.9 Å². The largest absolute Gasteiger partial charge is 0.491 e. The first-order valence-electron chi connectivity index (χ1n) is 8.66. The van der Waals surface area contributed by atoms with E-state index in [1.165, 1.54) is 18.2 Å². The van der Waals surface area contributed by atoms with Gasteiger partial charge in [0.05, 0.1) is 36.2 Å². The van der Waals surface area contributed by atoms with E-state index in [9.17, 15) is 22.8 Å². The number of benzene rings is 2. The van der Waals surface area contributed by atoms with E-state index in [0.29, 0.717) is 5.75 Å². The Hall–Kier alpha value is -3.89. The minimum atomic E-state index is -4.59. The van der Waals surface area contributed by atoms with E-state index in [4.69, 9.17) is 10.5 Å². The third-order valence-electron chi connectivity index (χ3n) is 3.92. The van der Waals surface area contributed by atoms with Crippen molar-refractivity contribution >= 4 is 17.5 Å². The van der Waals surface area contributed by atoms with Crippen LogP contribution < -0.4 is 15.8 Å². The van der Waals surface area contributed by atoms with Crippen LogP contribution >= 0.6 is 0 Å². The quantitative estimate of drug-likeness (QED) is 0.612. The van der Waals surface area contributed by atoms with Gasteiger partial charge in [0.25, 0.3) is 5.91 Å². The predicted octanol–water partition coefficient (Wildman–Crippen LogP) is 2.79. The molecular weight excluding hydrogens is 403 g/mol. The Morgan fingerprint density at radius 2 is 1.80 bits per heavy atom. The molecule has 0 unspecified atom stereocenters. The third-order valence-corrected chi connectivity index (χ3v) is 3.92. The molecule has 1 heterocycles. The van der Waals surface area contributed by atoms with E-state index in [2.05, 4.69) is 15.6 Å². The number of rotatable bonds is 7. The summed E-state index contributed by atoms with van der Waals surface area (Å²) in [5.74, 6) is -0.939. The molecular formula is C19H16F3N5O3. The highest BCUT2D eigenvalue weighted by atomic mass is 19.4. The van der Waals surface area contributed by atoms with Crippen LogP contribution in [0, 0.1) is 0 Å². The van der Waals surface area contributed by atoms with Crippen LogP contribution in [0.25, 0.3) is 5.69 Å². The van der Waals surface area contributed by atoms with Crippen LogP contribution in [0.15, 0.2) is 54.7 Å². The number of nitrogens with zero attached hydrogens (tertiary/aromatic N) is 3. The van der Waals surface area contributed by atoms with Crippen molar-refractivity contribution in [3.8, 4) is 11.4 Å². The van der Waals surface area contributed by atoms with Crippen molar-refractivity contribution in [1.29, 1.82) is 0 Å². The van der Waals surface area contributed by atoms with E-state index < -0.39 is 23.6 Å². The van der Waals surface area contributed by atoms with E-state index in [0.717, 1.165) is 16.9 Å². The van der Waals surface area contributed by atoms with Gasteiger partial charge in [-0.15, -0.1) is 5.10 Å². The molecule has 1 aromatic heterocycles. The molecule has 0 bridgehead atoms. The van der Waals surface area contributed by atoms with Gasteiger partial charge in [0.15, 0.2) is 5.69 Å². The fraction of sp³-hybridized carbons (Fsp3) is 0.158. The van der Waals surface area contributed by atoms with Gasteiger partial charge in [-0.3, -0.25) is 9.59 Å². The second-order valence-electron chi connectivity index (χ2n) is 6.08. The Balaban J connectivity index is 1.78. The van der Waals surface area contributed by atoms with Crippen LogP contribution in [-0.4, -0.2) is 33.4 Å². The normalized spacial score (nSPS) is 11.2. The van der Waals surface area contributed by atoms with Gasteiger partial charge in [-0.1, -0.05) is 29.5 Å². The fourth-order valence-corrected chi connectivity index (χ4v) is 2.54. The number of hydrogen-bond acceptors (Lipinski definition) is 5. The molecule has 0 aliphatic carbocycles. The van der Waals surface area contributed by atoms with E-state index in [-0.39, 0.29) is 30.1 Å². The molecule has 11 heteroatoms. The lowest BCUT2D eigenvalue weighted by atomic mass is 10.1. The Labute approximate surface area is 168 Å². The molecule has 0 atom stereocenters. The summed E-state index contributed by atoms with van der Waals surface area (Å²) in [5.41, 5.74) is 3.99. The lowest BCUT2D eigenvalue weighted by Gasteiger charge is -2.12. The zero-order chi connectivity index (χ0) is 21.7. The van der Waals surface area contributed by atoms with E-state index in [1.807, 2.05) is 0 Å². The van der Waals surface area contributed by atoms with Gasteiger partial charge in [-0.25, -0.2) is 4.68 Å². The molecule has 156 valence electrons. The predicted molar refractivity (Wildman–Crippen MR) is 100 cm³/mol. The first kappa shape index (κ1) is 20.8. The number of aromatic nitrogens is 3. The van der Waals surface area contributed by atoms with Gasteiger partial charge < -0.3 is 15.8 Å². The molecule has 0 aliphatic rings. The second kappa shape index (κ2) is 8.64. The van der Waals surface area contributed by atoms with Crippen molar-refractivity contribution in [3.63, 3.8) is 0 Å². The maximum atomic E-state index is 13.2. The third kappa shape index (κ3) is 4.93. The smallest absolute Gasteiger partial charge is 0.418 e. The number of anilines is 1. The zero-order valence-electron chi connectivity index (χ0n) is 15.4. The number of carbonyl (C=O) groups is 2. The average Bonchev–Trinajstić information content (AvgIpc) is 3.19. The lowest BCUT2D eigenvalue weighted by Crippen LogP contribution is -2.16. The maximum absolute atomic E-state index is 13.2. The molecule has 3 rings (SSSR count). The number of primary amides is 1. The van der Waals surface area contributed by atoms with Crippen LogP contribution in [0.4, 0.5) is 18.9 Å². The SMILES string of the molecule is NC(=O)CCOc1ccccc1NC(=O)c1cn(-c2ccccc2C(F)(F)F)nn1. The van der Waals surface area contributed by atoms with Crippen molar-refractivity contribution in [1.82, 2.24) is 15.0 Å². The Bertz CT molecular complexity index is 1070. The standard InChI is InChI=1S/C19H16F3N5O3/c20-19(21,22)12-5-1-3-7-15(12)27-11-14(25-26-27)18(29)24-13-6-2-4-8-16(13)30-10-9-17(23)28/h1-8,11H,9-10H2,(H2,23,28)(H,24,29). The molecule has 0 radical (unpaired) electrons. The molecule has 0 saturated heterocycles. The number of alkyl halides is 3. The molecule has 3 N–H and O–H groups in total. The molecule has 2 amide bonds. The van der Waals surface area contributed by atoms with Gasteiger partial charge in [0.2, 0.25) is 5.91 Å². The lowest BCUT2D eigenvalue weighted by molar-refractivity contribution is -0.137. The topological polar surface area (TPSA) is 112 Å². The van der Waals surface area contributed by atoms with Crippen LogP contribution in [0.3, 0.4) is 0 Å². The Morgan fingerprint density at radius 1 is 1.10 bits per heavy atom. The molecule has 0 saturated carbocycles. The number of para-hydroxylation sites is 3. The first-order chi connectivity index (χ1) is 14.3. The van der Waals surface area contributed by atoms with E-state index >= 15 is 0 Å². The van der Waals surface area contributed by atoms with Crippen LogP contribution in [0.1, 0.15) is 22.5 Å². The average molecular weight is 419 g/mol. The highest BCUT2D eigenvalue weighted by Gasteiger charge is 2.34. The van der Waals surface area contributed by atoms with Crippen LogP contribution in [-0.2, 0) is 11.0 Å². The monoisotopic (exact) mass is 419 g/mol. The van der Waals surface area contributed by atoms with Gasteiger partial charge in [0.1, 0.15) is 5.75 Å². The Morgan fingerprint density at radius 3 is 2.53 bits per heavy atom. The van der Waals surface area contributed by atoms with E-state index in [1.54, 1.807) is 24.3 Å². The highest BCUT2D eigenvalue weighted by Crippen LogP contribution is 2.33. The molecule has 0 spiro atoms. The van der Waals surface area contributed by atoms with Gasteiger partial charge >= 0.3 is 6.18 Å². The molecule has 0 aliphatic heterocycles. The van der Waals surface area contributed by atoms with Crippen molar-refractivity contribution in [2.24, 2.45) is 5.73 Å². The summed E-state index contributed by atoms with van der Waals surface area (Å²) in [6, 6.07) is 11.3. The second-order valence-corrected chi connectivity index (χ2v) is 6.08. The number of ether oxygens (including phenoxy) is 1. The summed E-state index contributed by atoms with van der Waals surface area (Å²) >= 11 is 0. The van der Waals surface area contributed by atoms with Crippen LogP contribution in [0.2, 0.25) is 0 Å². The van der Waals surface area contributed by atoms with Gasteiger partial charge in [-0.2, -0.15) is 13.2 Å². The summed E-state index contributed by atoms with van der Waals surface area (Å²) in [5, 5.41) is 9.85. The molecule has 3 aromatic rings. The van der Waals surface area contributed by atoms with Crippen molar-refractivity contribution < 1.29 is 27.5 Å². The molecule has 8 nitrogen and oxygen atoms in total. The summed E-state index contributed by atoms with van der Waals surface area (Å²) in [7, 11) is 0. The summed E-state index contributed by atoms with van der Waals surface area (Å²) in [6.07, 6.45) is -3.50. The van der Waals surface area contributed by atoms with Gasteiger partial charge in [-0.05, 0) is 24.3 Å². The van der Waals surface area contributed by atoms with Gasteiger partial charge in [0, 0.05) is 0 Å². The number of nitrogens with two attached hydrogens (primary N) is 1. The highest BCUT2D eigenvalue weighted by molar-refractivity contribution is 6.03.